The van der Waals surface area contributed by atoms with E-state index in [1.165, 1.54) is 0 Å². The van der Waals surface area contributed by atoms with Crippen LogP contribution in [0.3, 0.4) is 0 Å². The average Bonchev–Trinajstić information content (AvgIpc) is 2.61. The number of aromatic nitrogens is 2. The molecule has 122 valence electrons. The maximum Gasteiger partial charge on any atom is 0.229 e. The highest BCUT2D eigenvalue weighted by atomic mass is 35.5. The van der Waals surface area contributed by atoms with Gasteiger partial charge in [0.05, 0.1) is 0 Å². The standard InChI is InChI=1S/C19H19ClN4/c1-3-24(15-8-5-4-6-9-15)18-12-13-21-19(23-18)22-17-11-7-10-16(20)14(17)2/h4-13H,3H2,1-2H3,(H,21,22,23). The van der Waals surface area contributed by atoms with Gasteiger partial charge in [0.1, 0.15) is 5.82 Å². The van der Waals surface area contributed by atoms with E-state index in [0.717, 1.165) is 34.3 Å². The topological polar surface area (TPSA) is 41.1 Å². The molecular weight excluding hydrogens is 320 g/mol. The van der Waals surface area contributed by atoms with Gasteiger partial charge in [-0.1, -0.05) is 35.9 Å². The lowest BCUT2D eigenvalue weighted by Crippen LogP contribution is -2.17. The number of benzene rings is 2. The van der Waals surface area contributed by atoms with E-state index in [0.29, 0.717) is 5.95 Å². The Morgan fingerprint density at radius 1 is 1.04 bits per heavy atom. The fourth-order valence-corrected chi connectivity index (χ4v) is 2.68. The van der Waals surface area contributed by atoms with Crippen molar-refractivity contribution in [3.05, 3.63) is 71.4 Å². The minimum Gasteiger partial charge on any atom is -0.327 e. The highest BCUT2D eigenvalue weighted by molar-refractivity contribution is 6.31. The van der Waals surface area contributed by atoms with Crippen LogP contribution in [-0.2, 0) is 0 Å². The van der Waals surface area contributed by atoms with Crippen LogP contribution in [0.4, 0.5) is 23.1 Å². The molecule has 0 atom stereocenters. The molecule has 3 rings (SSSR count). The number of halogens is 1. The first-order chi connectivity index (χ1) is 11.7. The first-order valence-electron chi connectivity index (χ1n) is 7.87. The lowest BCUT2D eigenvalue weighted by atomic mass is 10.2. The first-order valence-corrected chi connectivity index (χ1v) is 8.24. The number of hydrogen-bond acceptors (Lipinski definition) is 4. The van der Waals surface area contributed by atoms with Gasteiger partial charge in [0.25, 0.3) is 0 Å². The Bertz CT molecular complexity index is 821. The molecule has 0 aliphatic rings. The molecule has 0 amide bonds. The van der Waals surface area contributed by atoms with Crippen LogP contribution in [0.1, 0.15) is 12.5 Å². The molecule has 1 aromatic heterocycles. The van der Waals surface area contributed by atoms with Crippen LogP contribution >= 0.6 is 11.6 Å². The second-order valence-corrected chi connectivity index (χ2v) is 5.76. The molecule has 0 saturated carbocycles. The summed E-state index contributed by atoms with van der Waals surface area (Å²) in [5, 5.41) is 3.97. The second kappa shape index (κ2) is 7.32. The van der Waals surface area contributed by atoms with Gasteiger partial charge in [-0.3, -0.25) is 0 Å². The fraction of sp³-hybridized carbons (Fsp3) is 0.158. The summed E-state index contributed by atoms with van der Waals surface area (Å²) in [6.45, 7) is 4.89. The number of hydrogen-bond donors (Lipinski definition) is 1. The number of rotatable bonds is 5. The SMILES string of the molecule is CCN(c1ccccc1)c1ccnc(Nc2cccc(Cl)c2C)n1. The molecule has 0 aliphatic carbocycles. The Morgan fingerprint density at radius 3 is 2.58 bits per heavy atom. The molecule has 0 fully saturated rings. The predicted molar refractivity (Wildman–Crippen MR) is 101 cm³/mol. The van der Waals surface area contributed by atoms with E-state index in [4.69, 9.17) is 11.6 Å². The van der Waals surface area contributed by atoms with E-state index in [9.17, 15) is 0 Å². The third-order valence-corrected chi connectivity index (χ3v) is 4.23. The van der Waals surface area contributed by atoms with Crippen LogP contribution in [0.2, 0.25) is 5.02 Å². The summed E-state index contributed by atoms with van der Waals surface area (Å²) in [5.74, 6) is 1.40. The Morgan fingerprint density at radius 2 is 1.83 bits per heavy atom. The van der Waals surface area contributed by atoms with E-state index >= 15 is 0 Å². The average molecular weight is 339 g/mol. The lowest BCUT2D eigenvalue weighted by molar-refractivity contribution is 0.978. The summed E-state index contributed by atoms with van der Waals surface area (Å²) >= 11 is 6.18. The van der Waals surface area contributed by atoms with Crippen molar-refractivity contribution in [1.82, 2.24) is 9.97 Å². The summed E-state index contributed by atoms with van der Waals surface area (Å²) in [5.41, 5.74) is 2.98. The third kappa shape index (κ3) is 3.49. The minimum absolute atomic E-state index is 0.548. The van der Waals surface area contributed by atoms with Gasteiger partial charge in [0.2, 0.25) is 5.95 Å². The van der Waals surface area contributed by atoms with Gasteiger partial charge in [0, 0.05) is 29.1 Å². The van der Waals surface area contributed by atoms with Crippen LogP contribution in [-0.4, -0.2) is 16.5 Å². The molecule has 5 heteroatoms. The van der Waals surface area contributed by atoms with E-state index in [2.05, 4.69) is 39.2 Å². The molecule has 0 saturated heterocycles. The van der Waals surface area contributed by atoms with Crippen molar-refractivity contribution in [2.45, 2.75) is 13.8 Å². The van der Waals surface area contributed by atoms with Gasteiger partial charge in [-0.2, -0.15) is 4.98 Å². The van der Waals surface area contributed by atoms with Gasteiger partial charge in [-0.15, -0.1) is 0 Å². The molecule has 1 heterocycles. The number of nitrogens with zero attached hydrogens (tertiary/aromatic N) is 3. The van der Waals surface area contributed by atoms with Crippen molar-refractivity contribution in [2.24, 2.45) is 0 Å². The normalized spacial score (nSPS) is 10.5. The van der Waals surface area contributed by atoms with Gasteiger partial charge < -0.3 is 10.2 Å². The van der Waals surface area contributed by atoms with Crippen molar-refractivity contribution < 1.29 is 0 Å². The Balaban J connectivity index is 1.90. The maximum atomic E-state index is 6.18. The van der Waals surface area contributed by atoms with Crippen LogP contribution in [0.25, 0.3) is 0 Å². The summed E-state index contributed by atoms with van der Waals surface area (Å²) < 4.78 is 0. The van der Waals surface area contributed by atoms with E-state index in [-0.39, 0.29) is 0 Å². The lowest BCUT2D eigenvalue weighted by Gasteiger charge is -2.22. The van der Waals surface area contributed by atoms with Crippen LogP contribution < -0.4 is 10.2 Å². The fourth-order valence-electron chi connectivity index (χ4n) is 2.51. The largest absolute Gasteiger partial charge is 0.327 e. The molecule has 0 aliphatic heterocycles. The Labute approximate surface area is 147 Å². The van der Waals surface area contributed by atoms with Crippen molar-refractivity contribution in [1.29, 1.82) is 0 Å². The molecule has 24 heavy (non-hydrogen) atoms. The molecule has 2 aromatic carbocycles. The van der Waals surface area contributed by atoms with Crippen LogP contribution in [0.5, 0.6) is 0 Å². The number of anilines is 4. The molecule has 3 aromatic rings. The Hall–Kier alpha value is -2.59. The molecule has 0 bridgehead atoms. The molecule has 0 unspecified atom stereocenters. The summed E-state index contributed by atoms with van der Waals surface area (Å²) in [6, 6.07) is 17.8. The van der Waals surface area contributed by atoms with Gasteiger partial charge in [-0.05, 0) is 49.7 Å². The van der Waals surface area contributed by atoms with Crippen LogP contribution in [0, 0.1) is 6.92 Å². The van der Waals surface area contributed by atoms with Crippen molar-refractivity contribution in [3.63, 3.8) is 0 Å². The Kier molecular flexibility index (Phi) is 4.96. The second-order valence-electron chi connectivity index (χ2n) is 5.36. The predicted octanol–water partition coefficient (Wildman–Crippen LogP) is 5.34. The maximum absolute atomic E-state index is 6.18. The summed E-state index contributed by atoms with van der Waals surface area (Å²) in [4.78, 5) is 11.1. The van der Waals surface area contributed by atoms with Crippen molar-refractivity contribution in [3.8, 4) is 0 Å². The van der Waals surface area contributed by atoms with E-state index in [1.807, 2.05) is 49.4 Å². The number of nitrogens with one attached hydrogen (secondary N) is 1. The molecule has 0 radical (unpaired) electrons. The highest BCUT2D eigenvalue weighted by Crippen LogP contribution is 2.27. The smallest absolute Gasteiger partial charge is 0.229 e. The zero-order valence-electron chi connectivity index (χ0n) is 13.7. The zero-order valence-corrected chi connectivity index (χ0v) is 14.5. The first kappa shape index (κ1) is 16.3. The minimum atomic E-state index is 0.548. The van der Waals surface area contributed by atoms with Gasteiger partial charge in [-0.25, -0.2) is 4.98 Å². The third-order valence-electron chi connectivity index (χ3n) is 3.82. The molecule has 1 N–H and O–H groups in total. The summed E-state index contributed by atoms with van der Waals surface area (Å²) in [7, 11) is 0. The van der Waals surface area contributed by atoms with E-state index in [1.54, 1.807) is 6.20 Å². The van der Waals surface area contributed by atoms with Crippen molar-refractivity contribution >= 4 is 34.7 Å². The van der Waals surface area contributed by atoms with E-state index < -0.39 is 0 Å². The number of para-hydroxylation sites is 1. The van der Waals surface area contributed by atoms with Crippen LogP contribution in [0.15, 0.2) is 60.8 Å². The van der Waals surface area contributed by atoms with Gasteiger partial charge >= 0.3 is 0 Å². The molecule has 0 spiro atoms. The van der Waals surface area contributed by atoms with Gasteiger partial charge in [0.15, 0.2) is 0 Å². The van der Waals surface area contributed by atoms with Crippen molar-refractivity contribution in [2.75, 3.05) is 16.8 Å². The molecule has 4 nitrogen and oxygen atoms in total. The quantitative estimate of drug-likeness (QED) is 0.681. The zero-order chi connectivity index (χ0) is 16.9. The highest BCUT2D eigenvalue weighted by Gasteiger charge is 2.10. The summed E-state index contributed by atoms with van der Waals surface area (Å²) in [6.07, 6.45) is 1.76. The monoisotopic (exact) mass is 338 g/mol. The molecular formula is C19H19ClN4.